The summed E-state index contributed by atoms with van der Waals surface area (Å²) in [6.07, 6.45) is 1.32. The number of methoxy groups -OCH3 is 1. The van der Waals surface area contributed by atoms with Crippen molar-refractivity contribution in [2.75, 3.05) is 40.0 Å². The molecule has 0 fully saturated rings. The smallest absolute Gasteiger partial charge is 0.262 e. The van der Waals surface area contributed by atoms with Crippen LogP contribution < -0.4 is 5.32 Å². The Labute approximate surface area is 175 Å². The van der Waals surface area contributed by atoms with E-state index in [0.717, 1.165) is 16.9 Å². The summed E-state index contributed by atoms with van der Waals surface area (Å²) in [5.41, 5.74) is 2.19. The third-order valence-corrected chi connectivity index (χ3v) is 7.66. The first-order valence-electron chi connectivity index (χ1n) is 9.53. The minimum absolute atomic E-state index is 0.0794. The van der Waals surface area contributed by atoms with Crippen LogP contribution in [0.1, 0.15) is 27.2 Å². The molecular weight excluding hydrogens is 412 g/mol. The van der Waals surface area contributed by atoms with Gasteiger partial charge in [0.1, 0.15) is 9.77 Å². The maximum absolute atomic E-state index is 13.2. The van der Waals surface area contributed by atoms with E-state index in [-0.39, 0.29) is 15.7 Å². The number of hydrogen-bond donors (Lipinski definition) is 1. The molecule has 1 aliphatic heterocycles. The summed E-state index contributed by atoms with van der Waals surface area (Å²) in [5, 5.41) is 4.43. The molecule has 7 nitrogen and oxygen atoms in total. The van der Waals surface area contributed by atoms with Gasteiger partial charge in [-0.05, 0) is 35.4 Å². The van der Waals surface area contributed by atoms with Gasteiger partial charge in [0, 0.05) is 33.4 Å². The normalized spacial score (nSPS) is 14.5. The number of ether oxygens (including phenoxy) is 2. The fourth-order valence-electron chi connectivity index (χ4n) is 3.18. The summed E-state index contributed by atoms with van der Waals surface area (Å²) in [6, 6.07) is 9.38. The molecular formula is C20H26N2O5S2. The van der Waals surface area contributed by atoms with E-state index in [1.807, 2.05) is 24.3 Å². The van der Waals surface area contributed by atoms with Gasteiger partial charge in [-0.25, -0.2) is 8.42 Å². The molecule has 2 heterocycles. The van der Waals surface area contributed by atoms with E-state index in [2.05, 4.69) is 5.32 Å². The van der Waals surface area contributed by atoms with E-state index in [1.54, 1.807) is 12.5 Å². The van der Waals surface area contributed by atoms with Gasteiger partial charge in [-0.1, -0.05) is 24.3 Å². The Morgan fingerprint density at radius 2 is 1.97 bits per heavy atom. The minimum atomic E-state index is -3.74. The van der Waals surface area contributed by atoms with Gasteiger partial charge < -0.3 is 14.8 Å². The summed E-state index contributed by atoms with van der Waals surface area (Å²) in [6.45, 7) is 2.70. The fourth-order valence-corrected chi connectivity index (χ4v) is 5.92. The third kappa shape index (κ3) is 5.43. The van der Waals surface area contributed by atoms with Crippen molar-refractivity contribution in [2.24, 2.45) is 0 Å². The number of rotatable bonds is 10. The second-order valence-electron chi connectivity index (χ2n) is 6.69. The minimum Gasteiger partial charge on any atom is -0.382 e. The van der Waals surface area contributed by atoms with Gasteiger partial charge in [0.15, 0.2) is 0 Å². The molecule has 3 rings (SSSR count). The van der Waals surface area contributed by atoms with Crippen molar-refractivity contribution in [1.82, 2.24) is 9.62 Å². The average molecular weight is 439 g/mol. The summed E-state index contributed by atoms with van der Waals surface area (Å²) >= 11 is 1.14. The molecule has 0 unspecified atom stereocenters. The lowest BCUT2D eigenvalue weighted by molar-refractivity contribution is 0.0688. The summed E-state index contributed by atoms with van der Waals surface area (Å²) < 4.78 is 38.1. The van der Waals surface area contributed by atoms with Crippen LogP contribution >= 0.6 is 11.3 Å². The summed E-state index contributed by atoms with van der Waals surface area (Å²) in [5.74, 6) is -0.368. The van der Waals surface area contributed by atoms with Crippen LogP contribution in [0.2, 0.25) is 0 Å². The highest BCUT2D eigenvalue weighted by Gasteiger charge is 2.32. The zero-order valence-electron chi connectivity index (χ0n) is 16.4. The Morgan fingerprint density at radius 1 is 1.17 bits per heavy atom. The lowest BCUT2D eigenvalue weighted by Crippen LogP contribution is -2.37. The van der Waals surface area contributed by atoms with Crippen molar-refractivity contribution < 1.29 is 22.7 Å². The van der Waals surface area contributed by atoms with Gasteiger partial charge in [-0.15, -0.1) is 11.3 Å². The number of benzene rings is 1. The zero-order valence-corrected chi connectivity index (χ0v) is 18.1. The second kappa shape index (κ2) is 10.3. The molecule has 0 bridgehead atoms. The van der Waals surface area contributed by atoms with Gasteiger partial charge in [0.2, 0.25) is 10.0 Å². The van der Waals surface area contributed by atoms with Crippen LogP contribution in [0.25, 0.3) is 0 Å². The Bertz CT molecular complexity index is 926. The van der Waals surface area contributed by atoms with E-state index >= 15 is 0 Å². The van der Waals surface area contributed by atoms with E-state index < -0.39 is 10.0 Å². The molecule has 2 aromatic rings. The molecule has 1 N–H and O–H groups in total. The molecule has 0 radical (unpaired) electrons. The molecule has 0 aliphatic carbocycles. The molecule has 29 heavy (non-hydrogen) atoms. The molecule has 1 aromatic heterocycles. The molecule has 0 saturated heterocycles. The molecule has 0 spiro atoms. The van der Waals surface area contributed by atoms with Crippen molar-refractivity contribution in [3.63, 3.8) is 0 Å². The number of fused-ring (bicyclic) bond motifs is 1. The van der Waals surface area contributed by atoms with Crippen molar-refractivity contribution in [2.45, 2.75) is 24.3 Å². The van der Waals surface area contributed by atoms with E-state index in [4.69, 9.17) is 9.47 Å². The first kappa shape index (κ1) is 21.9. The highest BCUT2D eigenvalue weighted by Crippen LogP contribution is 2.29. The highest BCUT2D eigenvalue weighted by molar-refractivity contribution is 7.89. The van der Waals surface area contributed by atoms with Crippen LogP contribution in [0, 0.1) is 0 Å². The largest absolute Gasteiger partial charge is 0.382 e. The van der Waals surface area contributed by atoms with Crippen molar-refractivity contribution >= 4 is 27.3 Å². The number of hydrogen-bond acceptors (Lipinski definition) is 6. The Hall–Kier alpha value is -1.78. The number of carbonyl (C=O) groups excluding carboxylic acids is 1. The Balaban J connectivity index is 1.61. The van der Waals surface area contributed by atoms with Crippen LogP contribution in [-0.4, -0.2) is 58.7 Å². The highest BCUT2D eigenvalue weighted by atomic mass is 32.2. The number of nitrogens with zero attached hydrogens (tertiary/aromatic N) is 1. The van der Waals surface area contributed by atoms with Crippen molar-refractivity contribution in [3.8, 4) is 0 Å². The van der Waals surface area contributed by atoms with Gasteiger partial charge in [-0.3, -0.25) is 4.79 Å². The quantitative estimate of drug-likeness (QED) is 0.575. The maximum Gasteiger partial charge on any atom is 0.262 e. The van der Waals surface area contributed by atoms with E-state index in [9.17, 15) is 13.2 Å². The number of nitrogens with one attached hydrogen (secondary N) is 1. The summed E-state index contributed by atoms with van der Waals surface area (Å²) in [4.78, 5) is 12.9. The predicted molar refractivity (Wildman–Crippen MR) is 112 cm³/mol. The monoisotopic (exact) mass is 438 g/mol. The molecule has 158 valence electrons. The predicted octanol–water partition coefficient (Wildman–Crippen LogP) is 2.28. The fraction of sp³-hybridized carbons (Fsp3) is 0.450. The van der Waals surface area contributed by atoms with Crippen LogP contribution in [0.3, 0.4) is 0 Å². The number of carbonyl (C=O) groups is 1. The molecule has 1 aromatic carbocycles. The Kier molecular flexibility index (Phi) is 7.79. The maximum atomic E-state index is 13.2. The van der Waals surface area contributed by atoms with E-state index in [0.29, 0.717) is 52.3 Å². The zero-order chi connectivity index (χ0) is 20.7. The first-order chi connectivity index (χ1) is 14.0. The van der Waals surface area contributed by atoms with Gasteiger partial charge in [0.05, 0.1) is 13.2 Å². The van der Waals surface area contributed by atoms with Crippen LogP contribution in [0.4, 0.5) is 0 Å². The Morgan fingerprint density at radius 3 is 2.76 bits per heavy atom. The molecule has 9 heteroatoms. The van der Waals surface area contributed by atoms with Gasteiger partial charge in [0.25, 0.3) is 5.91 Å². The molecule has 1 amide bonds. The van der Waals surface area contributed by atoms with Crippen LogP contribution in [0.15, 0.2) is 40.6 Å². The molecule has 0 saturated carbocycles. The van der Waals surface area contributed by atoms with Crippen LogP contribution in [0.5, 0.6) is 0 Å². The third-order valence-electron chi connectivity index (χ3n) is 4.73. The average Bonchev–Trinajstić information content (AvgIpc) is 3.23. The van der Waals surface area contributed by atoms with Gasteiger partial charge >= 0.3 is 0 Å². The number of sulfonamides is 1. The van der Waals surface area contributed by atoms with Crippen molar-refractivity contribution in [3.05, 3.63) is 51.7 Å². The lowest BCUT2D eigenvalue weighted by Gasteiger charge is -2.28. The SMILES string of the molecule is COCCOCCCNC(=O)c1sccc1S(=O)(=O)N1CCc2ccccc2C1. The second-order valence-corrected chi connectivity index (χ2v) is 9.51. The molecule has 1 aliphatic rings. The lowest BCUT2D eigenvalue weighted by atomic mass is 10.0. The first-order valence-corrected chi connectivity index (χ1v) is 11.9. The number of thiophene rings is 1. The standard InChI is InChI=1S/C20H26N2O5S2/c1-26-12-13-27-11-4-9-21-20(23)19-18(8-14-28-19)29(24,25)22-10-7-16-5-2-3-6-17(16)15-22/h2-3,5-6,8,14H,4,7,9-13,15H2,1H3,(H,21,23). The van der Waals surface area contributed by atoms with Crippen molar-refractivity contribution in [1.29, 1.82) is 0 Å². The van der Waals surface area contributed by atoms with Crippen LogP contribution in [-0.2, 0) is 32.5 Å². The molecule has 0 atom stereocenters. The van der Waals surface area contributed by atoms with E-state index in [1.165, 1.54) is 15.9 Å². The van der Waals surface area contributed by atoms with Gasteiger partial charge in [-0.2, -0.15) is 4.31 Å². The summed E-state index contributed by atoms with van der Waals surface area (Å²) in [7, 11) is -2.13. The topological polar surface area (TPSA) is 84.9 Å². The number of amides is 1.